The smallest absolute Gasteiger partial charge is 0.0468 e. The van der Waals surface area contributed by atoms with E-state index in [1.54, 1.807) is 0 Å². The Balaban J connectivity index is 1.67. The molecular formula is C10H15IO. The molecule has 0 aromatic carbocycles. The zero-order valence-electron chi connectivity index (χ0n) is 7.31. The van der Waals surface area contributed by atoms with Crippen LogP contribution in [0.25, 0.3) is 0 Å². The number of alkyl halides is 1. The lowest BCUT2D eigenvalue weighted by Crippen LogP contribution is -2.66. The third-order valence-electron chi connectivity index (χ3n) is 4.09. The Bertz CT molecular complexity index is 188. The maximum atomic E-state index is 5.40. The summed E-state index contributed by atoms with van der Waals surface area (Å²) in [4.78, 5) is 0. The zero-order chi connectivity index (χ0) is 8.23. The lowest BCUT2D eigenvalue weighted by molar-refractivity contribution is -0.140. The molecule has 1 nitrogen and oxygen atoms in total. The minimum absolute atomic E-state index is 0.760. The van der Waals surface area contributed by atoms with Gasteiger partial charge in [0.15, 0.2) is 0 Å². The van der Waals surface area contributed by atoms with Crippen LogP contribution < -0.4 is 0 Å². The van der Waals surface area contributed by atoms with Crippen molar-refractivity contribution < 1.29 is 4.74 Å². The van der Waals surface area contributed by atoms with E-state index in [0.717, 1.165) is 28.0 Å². The average molecular weight is 278 g/mol. The van der Waals surface area contributed by atoms with E-state index in [9.17, 15) is 0 Å². The van der Waals surface area contributed by atoms with E-state index < -0.39 is 0 Å². The molecule has 0 unspecified atom stereocenters. The van der Waals surface area contributed by atoms with Gasteiger partial charge in [-0.15, -0.1) is 0 Å². The number of halogens is 1. The summed E-state index contributed by atoms with van der Waals surface area (Å²) in [7, 11) is 0. The van der Waals surface area contributed by atoms with E-state index in [0.29, 0.717) is 0 Å². The molecule has 1 aliphatic heterocycles. The topological polar surface area (TPSA) is 9.23 Å². The standard InChI is InChI=1S/C10H15IO/c11-10-5-9(6-10,7-10)8-1-3-12-4-2-8/h8H,1-7H2. The van der Waals surface area contributed by atoms with Gasteiger partial charge in [0.05, 0.1) is 0 Å². The molecule has 0 aromatic heterocycles. The van der Waals surface area contributed by atoms with Crippen LogP contribution in [-0.4, -0.2) is 16.6 Å². The van der Waals surface area contributed by atoms with Gasteiger partial charge in [0.2, 0.25) is 0 Å². The first kappa shape index (κ1) is 8.04. The van der Waals surface area contributed by atoms with Gasteiger partial charge >= 0.3 is 0 Å². The Morgan fingerprint density at radius 2 is 1.67 bits per heavy atom. The quantitative estimate of drug-likeness (QED) is 0.529. The van der Waals surface area contributed by atoms with Gasteiger partial charge in [0.25, 0.3) is 0 Å². The van der Waals surface area contributed by atoms with Crippen molar-refractivity contribution in [1.82, 2.24) is 0 Å². The highest BCUT2D eigenvalue weighted by Gasteiger charge is 2.68. The van der Waals surface area contributed by atoms with Crippen LogP contribution in [0.15, 0.2) is 0 Å². The van der Waals surface area contributed by atoms with E-state index in [1.807, 2.05) is 0 Å². The number of hydrogen-bond donors (Lipinski definition) is 0. The minimum atomic E-state index is 0.760. The van der Waals surface area contributed by atoms with E-state index in [1.165, 1.54) is 32.1 Å². The van der Waals surface area contributed by atoms with Gasteiger partial charge in [-0.3, -0.25) is 0 Å². The summed E-state index contributed by atoms with van der Waals surface area (Å²) in [6.45, 7) is 2.06. The van der Waals surface area contributed by atoms with Crippen molar-refractivity contribution in [2.75, 3.05) is 13.2 Å². The van der Waals surface area contributed by atoms with Gasteiger partial charge in [-0.25, -0.2) is 0 Å². The number of hydrogen-bond acceptors (Lipinski definition) is 1. The highest BCUT2D eigenvalue weighted by atomic mass is 127. The van der Waals surface area contributed by atoms with Crippen LogP contribution in [-0.2, 0) is 4.74 Å². The molecule has 0 aromatic rings. The molecule has 3 aliphatic carbocycles. The molecule has 0 N–H and O–H groups in total. The van der Waals surface area contributed by atoms with Gasteiger partial charge in [-0.1, -0.05) is 22.6 Å². The molecule has 0 radical (unpaired) electrons. The van der Waals surface area contributed by atoms with Gasteiger partial charge in [0, 0.05) is 16.6 Å². The second-order valence-electron chi connectivity index (χ2n) is 4.93. The van der Waals surface area contributed by atoms with Crippen molar-refractivity contribution >= 4 is 22.6 Å². The molecule has 3 saturated carbocycles. The van der Waals surface area contributed by atoms with Crippen molar-refractivity contribution in [2.45, 2.75) is 35.5 Å². The maximum absolute atomic E-state index is 5.40. The zero-order valence-corrected chi connectivity index (χ0v) is 9.47. The van der Waals surface area contributed by atoms with Gasteiger partial charge < -0.3 is 4.74 Å². The molecular weight excluding hydrogens is 263 g/mol. The molecule has 4 aliphatic rings. The Morgan fingerprint density at radius 1 is 1.08 bits per heavy atom. The summed E-state index contributed by atoms with van der Waals surface area (Å²) in [6, 6.07) is 0. The second kappa shape index (κ2) is 2.38. The SMILES string of the molecule is IC12CC(C3CCOCC3)(C1)C2. The summed E-state index contributed by atoms with van der Waals surface area (Å²) in [6.07, 6.45) is 7.24. The first-order valence-corrected chi connectivity index (χ1v) is 6.07. The average Bonchev–Trinajstić information content (AvgIpc) is 1.99. The predicted molar refractivity (Wildman–Crippen MR) is 56.6 cm³/mol. The van der Waals surface area contributed by atoms with Crippen molar-refractivity contribution in [2.24, 2.45) is 11.3 Å². The number of rotatable bonds is 1. The lowest BCUT2D eigenvalue weighted by Gasteiger charge is -2.71. The van der Waals surface area contributed by atoms with Crippen LogP contribution in [0.4, 0.5) is 0 Å². The van der Waals surface area contributed by atoms with E-state index >= 15 is 0 Å². The van der Waals surface area contributed by atoms with Crippen LogP contribution in [0.5, 0.6) is 0 Å². The third kappa shape index (κ3) is 0.939. The maximum Gasteiger partial charge on any atom is 0.0468 e. The van der Waals surface area contributed by atoms with Crippen LogP contribution in [0.3, 0.4) is 0 Å². The molecule has 68 valence electrons. The van der Waals surface area contributed by atoms with Crippen molar-refractivity contribution in [3.8, 4) is 0 Å². The van der Waals surface area contributed by atoms with E-state index in [-0.39, 0.29) is 0 Å². The van der Waals surface area contributed by atoms with Crippen LogP contribution in [0, 0.1) is 11.3 Å². The van der Waals surface area contributed by atoms with E-state index in [2.05, 4.69) is 22.6 Å². The molecule has 2 bridgehead atoms. The van der Waals surface area contributed by atoms with Crippen LogP contribution >= 0.6 is 22.6 Å². The van der Waals surface area contributed by atoms with Gasteiger partial charge in [-0.05, 0) is 43.4 Å². The van der Waals surface area contributed by atoms with Crippen molar-refractivity contribution in [1.29, 1.82) is 0 Å². The Labute approximate surface area is 87.4 Å². The largest absolute Gasteiger partial charge is 0.381 e. The van der Waals surface area contributed by atoms with E-state index in [4.69, 9.17) is 4.74 Å². The molecule has 1 saturated heterocycles. The summed E-state index contributed by atoms with van der Waals surface area (Å²) in [5, 5.41) is 0. The molecule has 2 heteroatoms. The number of ether oxygens (including phenoxy) is 1. The van der Waals surface area contributed by atoms with Crippen molar-refractivity contribution in [3.05, 3.63) is 0 Å². The highest BCUT2D eigenvalue weighted by molar-refractivity contribution is 14.1. The summed E-state index contributed by atoms with van der Waals surface area (Å²) < 4.78 is 6.16. The molecule has 1 heterocycles. The minimum Gasteiger partial charge on any atom is -0.381 e. The summed E-state index contributed by atoms with van der Waals surface area (Å²) in [5.41, 5.74) is 0.810. The second-order valence-corrected chi connectivity index (χ2v) is 7.22. The molecule has 12 heavy (non-hydrogen) atoms. The molecule has 4 fully saturated rings. The van der Waals surface area contributed by atoms with Crippen LogP contribution in [0.1, 0.15) is 32.1 Å². The first-order valence-electron chi connectivity index (χ1n) is 4.99. The fraction of sp³-hybridized carbons (Fsp3) is 1.00. The monoisotopic (exact) mass is 278 g/mol. The lowest BCUT2D eigenvalue weighted by atomic mass is 9.39. The molecule has 4 rings (SSSR count). The molecule has 0 spiro atoms. The fourth-order valence-corrected chi connectivity index (χ4v) is 5.76. The third-order valence-corrected chi connectivity index (χ3v) is 5.24. The summed E-state index contributed by atoms with van der Waals surface area (Å²) in [5.74, 6) is 1.02. The van der Waals surface area contributed by atoms with Crippen LogP contribution in [0.2, 0.25) is 0 Å². The Hall–Kier alpha value is 0.690. The summed E-state index contributed by atoms with van der Waals surface area (Å²) >= 11 is 2.67. The van der Waals surface area contributed by atoms with Gasteiger partial charge in [-0.2, -0.15) is 0 Å². The highest BCUT2D eigenvalue weighted by Crippen LogP contribution is 2.75. The predicted octanol–water partition coefficient (Wildman–Crippen LogP) is 2.77. The van der Waals surface area contributed by atoms with Crippen molar-refractivity contribution in [3.63, 3.8) is 0 Å². The molecule has 0 atom stereocenters. The van der Waals surface area contributed by atoms with Gasteiger partial charge in [0.1, 0.15) is 0 Å². The first-order chi connectivity index (χ1) is 5.73. The Morgan fingerprint density at radius 3 is 2.17 bits per heavy atom. The normalized spacial score (nSPS) is 52.8. The molecule has 0 amide bonds. The Kier molecular flexibility index (Phi) is 1.59. The fourth-order valence-electron chi connectivity index (χ4n) is 3.48.